The van der Waals surface area contributed by atoms with E-state index in [4.69, 9.17) is 0 Å². The predicted octanol–water partition coefficient (Wildman–Crippen LogP) is 5.59. The molecule has 34 heavy (non-hydrogen) atoms. The van der Waals surface area contributed by atoms with E-state index in [-0.39, 0.29) is 22.4 Å². The van der Waals surface area contributed by atoms with Crippen LogP contribution in [0.2, 0.25) is 0 Å². The Hall–Kier alpha value is -3.87. The first kappa shape index (κ1) is 23.3. The van der Waals surface area contributed by atoms with Gasteiger partial charge in [0, 0.05) is 24.0 Å². The fourth-order valence-electron chi connectivity index (χ4n) is 4.10. The highest BCUT2D eigenvalue weighted by Crippen LogP contribution is 2.43. The number of pyridine rings is 1. The molecule has 0 radical (unpaired) electrons. The van der Waals surface area contributed by atoms with Crippen LogP contribution in [0.25, 0.3) is 5.76 Å². The van der Waals surface area contributed by atoms with Gasteiger partial charge in [0.2, 0.25) is 0 Å². The van der Waals surface area contributed by atoms with Crippen LogP contribution >= 0.6 is 0 Å². The number of carbonyl (C=O) groups is 2. The summed E-state index contributed by atoms with van der Waals surface area (Å²) in [6.45, 7) is 7.85. The minimum atomic E-state index is -1.15. The lowest BCUT2D eigenvalue weighted by Crippen LogP contribution is -2.30. The Morgan fingerprint density at radius 3 is 2.41 bits per heavy atom. The number of amides is 1. The monoisotopic (exact) mass is 462 g/mol. The second-order valence-corrected chi connectivity index (χ2v) is 9.33. The third kappa shape index (κ3) is 3.98. The zero-order valence-corrected chi connectivity index (χ0v) is 19.3. The Labute approximate surface area is 196 Å². The molecule has 1 aliphatic heterocycles. The van der Waals surface area contributed by atoms with Crippen LogP contribution in [0.1, 0.15) is 49.1 Å². The molecule has 1 aliphatic rings. The van der Waals surface area contributed by atoms with Crippen LogP contribution in [-0.4, -0.2) is 21.8 Å². The number of aryl methyl sites for hydroxylation is 1. The third-order valence-electron chi connectivity index (χ3n) is 5.97. The summed E-state index contributed by atoms with van der Waals surface area (Å²) in [6, 6.07) is 10.4. The zero-order valence-electron chi connectivity index (χ0n) is 19.3. The largest absolute Gasteiger partial charge is 0.507 e. The number of benzene rings is 2. The van der Waals surface area contributed by atoms with Gasteiger partial charge in [0.15, 0.2) is 0 Å². The molecular formula is C27H24F2N2O3. The number of nitrogens with zero attached hydrogens (tertiary/aromatic N) is 2. The number of hydrogen-bond donors (Lipinski definition) is 1. The minimum absolute atomic E-state index is 0.184. The lowest BCUT2D eigenvalue weighted by atomic mass is 9.84. The van der Waals surface area contributed by atoms with E-state index in [9.17, 15) is 23.5 Å². The number of Topliss-reactive ketones (excluding diaryl/α,β-unsaturated/α-hetero) is 1. The molecule has 1 amide bonds. The van der Waals surface area contributed by atoms with Crippen molar-refractivity contribution in [2.45, 2.75) is 39.2 Å². The molecule has 3 aromatic rings. The molecule has 1 N–H and O–H groups in total. The second kappa shape index (κ2) is 8.48. The van der Waals surface area contributed by atoms with E-state index in [1.165, 1.54) is 12.4 Å². The highest BCUT2D eigenvalue weighted by molar-refractivity contribution is 6.51. The summed E-state index contributed by atoms with van der Waals surface area (Å²) in [6.07, 6.45) is 2.96. The standard InChI is InChI=1S/C27H24F2N2O3/c1-15-7-8-17(27(2,3)4)12-19(15)24(32)22-23(16-6-5-11-30-14-16)31(26(34)25(22)33)21-10-9-18(28)13-20(21)29/h5-14,23,32H,1-4H3/b24-22+. The Morgan fingerprint density at radius 2 is 1.79 bits per heavy atom. The molecule has 0 bridgehead atoms. The number of aliphatic hydroxyl groups excluding tert-OH is 1. The SMILES string of the molecule is Cc1ccc(C(C)(C)C)cc1/C(O)=C1\C(=O)C(=O)N(c2ccc(F)cc2F)C1c1cccnc1. The summed E-state index contributed by atoms with van der Waals surface area (Å²) in [5.41, 5.74) is 1.75. The second-order valence-electron chi connectivity index (χ2n) is 9.33. The first-order chi connectivity index (χ1) is 16.0. The van der Waals surface area contributed by atoms with Crippen LogP contribution in [0.5, 0.6) is 0 Å². The number of halogens is 2. The molecule has 5 nitrogen and oxygen atoms in total. The fourth-order valence-corrected chi connectivity index (χ4v) is 4.10. The Kier molecular flexibility index (Phi) is 5.81. The molecule has 1 atom stereocenters. The molecule has 0 saturated carbocycles. The van der Waals surface area contributed by atoms with E-state index < -0.39 is 29.4 Å². The van der Waals surface area contributed by atoms with Gasteiger partial charge in [-0.2, -0.15) is 0 Å². The van der Waals surface area contributed by atoms with E-state index in [1.54, 1.807) is 25.1 Å². The summed E-state index contributed by atoms with van der Waals surface area (Å²) in [7, 11) is 0. The number of hydrogen-bond acceptors (Lipinski definition) is 4. The van der Waals surface area contributed by atoms with Crippen molar-refractivity contribution in [3.63, 3.8) is 0 Å². The topological polar surface area (TPSA) is 70.5 Å². The van der Waals surface area contributed by atoms with Gasteiger partial charge in [-0.05, 0) is 53.3 Å². The highest BCUT2D eigenvalue weighted by atomic mass is 19.1. The predicted molar refractivity (Wildman–Crippen MR) is 125 cm³/mol. The molecule has 174 valence electrons. The number of anilines is 1. The first-order valence-electron chi connectivity index (χ1n) is 10.8. The molecule has 1 fully saturated rings. The number of aliphatic hydroxyl groups is 1. The van der Waals surface area contributed by atoms with E-state index >= 15 is 0 Å². The maximum atomic E-state index is 14.8. The zero-order chi connectivity index (χ0) is 24.8. The van der Waals surface area contributed by atoms with Crippen molar-refractivity contribution < 1.29 is 23.5 Å². The molecule has 2 heterocycles. The lowest BCUT2D eigenvalue weighted by molar-refractivity contribution is -0.132. The van der Waals surface area contributed by atoms with Crippen molar-refractivity contribution in [2.75, 3.05) is 4.90 Å². The van der Waals surface area contributed by atoms with Crippen LogP contribution in [0.3, 0.4) is 0 Å². The van der Waals surface area contributed by atoms with Crippen molar-refractivity contribution in [3.05, 3.63) is 100 Å². The van der Waals surface area contributed by atoms with Gasteiger partial charge < -0.3 is 5.11 Å². The number of rotatable bonds is 3. The molecule has 7 heteroatoms. The van der Waals surface area contributed by atoms with Crippen molar-refractivity contribution in [1.29, 1.82) is 0 Å². The molecule has 2 aromatic carbocycles. The molecule has 4 rings (SSSR count). The van der Waals surface area contributed by atoms with Crippen molar-refractivity contribution >= 4 is 23.1 Å². The molecule has 1 saturated heterocycles. The third-order valence-corrected chi connectivity index (χ3v) is 5.97. The van der Waals surface area contributed by atoms with Gasteiger partial charge in [0.05, 0.1) is 17.3 Å². The normalized spacial score (nSPS) is 17.9. The van der Waals surface area contributed by atoms with Gasteiger partial charge in [-0.3, -0.25) is 19.5 Å². The highest BCUT2D eigenvalue weighted by Gasteiger charge is 2.48. The number of ketones is 1. The van der Waals surface area contributed by atoms with Gasteiger partial charge in [-0.25, -0.2) is 8.78 Å². The van der Waals surface area contributed by atoms with Crippen molar-refractivity contribution in [2.24, 2.45) is 0 Å². The smallest absolute Gasteiger partial charge is 0.300 e. The van der Waals surface area contributed by atoms with Crippen LogP contribution in [0, 0.1) is 18.6 Å². The van der Waals surface area contributed by atoms with Crippen LogP contribution in [-0.2, 0) is 15.0 Å². The average Bonchev–Trinajstić information content (AvgIpc) is 3.04. The quantitative estimate of drug-likeness (QED) is 0.313. The maximum absolute atomic E-state index is 14.8. The maximum Gasteiger partial charge on any atom is 0.300 e. The van der Waals surface area contributed by atoms with Gasteiger partial charge in [0.1, 0.15) is 17.4 Å². The first-order valence-corrected chi connectivity index (χ1v) is 10.8. The summed E-state index contributed by atoms with van der Waals surface area (Å²) in [5, 5.41) is 11.4. The molecular weight excluding hydrogens is 438 g/mol. The Morgan fingerprint density at radius 1 is 1.06 bits per heavy atom. The van der Waals surface area contributed by atoms with Gasteiger partial charge in [-0.15, -0.1) is 0 Å². The summed E-state index contributed by atoms with van der Waals surface area (Å²) in [4.78, 5) is 31.4. The molecule has 1 aromatic heterocycles. The van der Waals surface area contributed by atoms with E-state index in [1.807, 2.05) is 32.9 Å². The van der Waals surface area contributed by atoms with Gasteiger partial charge in [-0.1, -0.05) is 39.0 Å². The van der Waals surface area contributed by atoms with Crippen LogP contribution in [0.15, 0.2) is 66.5 Å². The van der Waals surface area contributed by atoms with E-state index in [0.717, 1.165) is 22.6 Å². The van der Waals surface area contributed by atoms with Gasteiger partial charge in [0.25, 0.3) is 11.7 Å². The van der Waals surface area contributed by atoms with E-state index in [0.29, 0.717) is 22.8 Å². The number of aromatic nitrogens is 1. The van der Waals surface area contributed by atoms with Gasteiger partial charge >= 0.3 is 0 Å². The van der Waals surface area contributed by atoms with Crippen LogP contribution in [0.4, 0.5) is 14.5 Å². The summed E-state index contributed by atoms with van der Waals surface area (Å²) >= 11 is 0. The molecule has 1 unspecified atom stereocenters. The van der Waals surface area contributed by atoms with Crippen molar-refractivity contribution in [3.8, 4) is 0 Å². The van der Waals surface area contributed by atoms with Crippen LogP contribution < -0.4 is 4.90 Å². The molecule has 0 spiro atoms. The number of carbonyl (C=O) groups excluding carboxylic acids is 2. The lowest BCUT2D eigenvalue weighted by Gasteiger charge is -2.26. The minimum Gasteiger partial charge on any atom is -0.507 e. The fraction of sp³-hybridized carbons (Fsp3) is 0.222. The summed E-state index contributed by atoms with van der Waals surface area (Å²) in [5.74, 6) is -4.16. The molecule has 0 aliphatic carbocycles. The van der Waals surface area contributed by atoms with Crippen molar-refractivity contribution in [1.82, 2.24) is 4.98 Å². The Balaban J connectivity index is 1.99. The Bertz CT molecular complexity index is 1330. The average molecular weight is 462 g/mol. The van der Waals surface area contributed by atoms with E-state index in [2.05, 4.69) is 4.98 Å². The summed E-state index contributed by atoms with van der Waals surface area (Å²) < 4.78 is 28.3.